The lowest BCUT2D eigenvalue weighted by molar-refractivity contribution is -0.143. The van der Waals surface area contributed by atoms with Crippen LogP contribution in [0.3, 0.4) is 0 Å². The number of hydrogen-bond acceptors (Lipinski definition) is 5. The van der Waals surface area contributed by atoms with Crippen molar-refractivity contribution in [2.45, 2.75) is 18.9 Å². The third-order valence-corrected chi connectivity index (χ3v) is 4.64. The summed E-state index contributed by atoms with van der Waals surface area (Å²) in [5, 5.41) is 9.04. The van der Waals surface area contributed by atoms with Crippen LogP contribution in [0.4, 0.5) is 0 Å². The van der Waals surface area contributed by atoms with Gasteiger partial charge in [0.1, 0.15) is 11.9 Å². The standard InChI is InChI=1S/C22H26N2O3/c1-6-18(26-5)12-7-15(2)21-20(17-10-8-16(13-23)9-11-17)19(14-24(3)4)22(25)27-21/h6-12,19-21H,2,14H2,1,3-5H3/b12-7-,18-6+/t19?,20-,21-/m1/s1. The molecule has 1 aromatic rings. The van der Waals surface area contributed by atoms with Crippen LogP contribution in [0.25, 0.3) is 0 Å². The first-order chi connectivity index (χ1) is 12.9. The minimum atomic E-state index is -0.457. The highest BCUT2D eigenvalue weighted by molar-refractivity contribution is 5.78. The smallest absolute Gasteiger partial charge is 0.311 e. The summed E-state index contributed by atoms with van der Waals surface area (Å²) in [5.41, 5.74) is 2.25. The summed E-state index contributed by atoms with van der Waals surface area (Å²) < 4.78 is 11.0. The second-order valence-electron chi connectivity index (χ2n) is 6.79. The third-order valence-electron chi connectivity index (χ3n) is 4.64. The summed E-state index contributed by atoms with van der Waals surface area (Å²) in [5.74, 6) is 0.0175. The van der Waals surface area contributed by atoms with Crippen LogP contribution in [-0.4, -0.2) is 44.7 Å². The summed E-state index contributed by atoms with van der Waals surface area (Å²) in [4.78, 5) is 14.6. The van der Waals surface area contributed by atoms with Crippen LogP contribution in [0.2, 0.25) is 0 Å². The lowest BCUT2D eigenvalue weighted by atomic mass is 9.81. The number of hydrogen-bond donors (Lipinski definition) is 0. The second-order valence-corrected chi connectivity index (χ2v) is 6.79. The van der Waals surface area contributed by atoms with Gasteiger partial charge in [0.15, 0.2) is 0 Å². The van der Waals surface area contributed by atoms with Gasteiger partial charge in [-0.15, -0.1) is 0 Å². The molecule has 0 aromatic heterocycles. The fourth-order valence-electron chi connectivity index (χ4n) is 3.28. The number of ether oxygens (including phenoxy) is 2. The summed E-state index contributed by atoms with van der Waals surface area (Å²) >= 11 is 0. The molecule has 0 saturated carbocycles. The van der Waals surface area contributed by atoms with Gasteiger partial charge in [-0.05, 0) is 56.4 Å². The monoisotopic (exact) mass is 366 g/mol. The maximum absolute atomic E-state index is 12.6. The Morgan fingerprint density at radius 2 is 2.00 bits per heavy atom. The van der Waals surface area contributed by atoms with E-state index >= 15 is 0 Å². The van der Waals surface area contributed by atoms with Crippen molar-refractivity contribution in [1.29, 1.82) is 5.26 Å². The molecule has 0 amide bonds. The van der Waals surface area contributed by atoms with Crippen molar-refractivity contribution >= 4 is 5.97 Å². The molecule has 5 heteroatoms. The molecule has 3 atom stereocenters. The molecule has 1 heterocycles. The molecule has 1 unspecified atom stereocenters. The molecule has 27 heavy (non-hydrogen) atoms. The molecule has 0 bridgehead atoms. The lowest BCUT2D eigenvalue weighted by Crippen LogP contribution is -2.29. The van der Waals surface area contributed by atoms with Gasteiger partial charge in [-0.2, -0.15) is 5.26 Å². The fraction of sp³-hybridized carbons (Fsp3) is 0.364. The van der Waals surface area contributed by atoms with Crippen LogP contribution in [0.15, 0.2) is 60.4 Å². The van der Waals surface area contributed by atoms with Crippen molar-refractivity contribution in [2.75, 3.05) is 27.7 Å². The topological polar surface area (TPSA) is 62.6 Å². The van der Waals surface area contributed by atoms with Crippen molar-refractivity contribution in [1.82, 2.24) is 4.90 Å². The highest BCUT2D eigenvalue weighted by Crippen LogP contribution is 2.40. The number of allylic oxidation sites excluding steroid dienone is 2. The predicted molar refractivity (Wildman–Crippen MR) is 105 cm³/mol. The highest BCUT2D eigenvalue weighted by atomic mass is 16.6. The fourth-order valence-corrected chi connectivity index (χ4v) is 3.28. The van der Waals surface area contributed by atoms with E-state index in [1.165, 1.54) is 0 Å². The van der Waals surface area contributed by atoms with E-state index in [1.807, 2.05) is 56.3 Å². The Labute approximate surface area is 161 Å². The van der Waals surface area contributed by atoms with E-state index in [-0.39, 0.29) is 17.8 Å². The predicted octanol–water partition coefficient (Wildman–Crippen LogP) is 3.41. The molecular formula is C22H26N2O3. The molecule has 1 aliphatic heterocycles. The maximum Gasteiger partial charge on any atom is 0.311 e. The van der Waals surface area contributed by atoms with Crippen LogP contribution >= 0.6 is 0 Å². The lowest BCUT2D eigenvalue weighted by Gasteiger charge is -2.24. The van der Waals surface area contributed by atoms with Crippen molar-refractivity contribution in [3.05, 3.63) is 71.5 Å². The van der Waals surface area contributed by atoms with Crippen LogP contribution in [0, 0.1) is 17.2 Å². The van der Waals surface area contributed by atoms with E-state index in [1.54, 1.807) is 19.2 Å². The van der Waals surface area contributed by atoms with E-state index in [9.17, 15) is 4.79 Å². The number of cyclic esters (lactones) is 1. The highest BCUT2D eigenvalue weighted by Gasteiger charge is 2.46. The molecule has 0 radical (unpaired) electrons. The SMILES string of the molecule is C=C(/C=C\C(=C/C)OC)[C@H]1OC(=O)C(CN(C)C)[C@H]1c1ccc(C#N)cc1. The molecule has 2 rings (SSSR count). The minimum absolute atomic E-state index is 0.165. The average Bonchev–Trinajstić information content (AvgIpc) is 2.98. The zero-order chi connectivity index (χ0) is 20.0. The molecule has 5 nitrogen and oxygen atoms in total. The van der Waals surface area contributed by atoms with Crippen molar-refractivity contribution in [2.24, 2.45) is 5.92 Å². The quantitative estimate of drug-likeness (QED) is 0.420. The van der Waals surface area contributed by atoms with Gasteiger partial charge < -0.3 is 14.4 Å². The number of carbonyl (C=O) groups excluding carboxylic acids is 1. The number of methoxy groups -OCH3 is 1. The molecule has 0 aliphatic carbocycles. The van der Waals surface area contributed by atoms with E-state index in [0.717, 1.165) is 5.56 Å². The summed E-state index contributed by atoms with van der Waals surface area (Å²) in [7, 11) is 5.47. The molecule has 0 spiro atoms. The first kappa shape index (κ1) is 20.5. The summed E-state index contributed by atoms with van der Waals surface area (Å²) in [6, 6.07) is 9.44. The van der Waals surface area contributed by atoms with Gasteiger partial charge in [0.05, 0.1) is 24.7 Å². The number of rotatable bonds is 7. The van der Waals surface area contributed by atoms with Crippen LogP contribution in [-0.2, 0) is 14.3 Å². The molecular weight excluding hydrogens is 340 g/mol. The van der Waals surface area contributed by atoms with Crippen LogP contribution in [0.5, 0.6) is 0 Å². The van der Waals surface area contributed by atoms with Crippen molar-refractivity contribution < 1.29 is 14.3 Å². The Kier molecular flexibility index (Phi) is 6.98. The zero-order valence-electron chi connectivity index (χ0n) is 16.3. The number of benzene rings is 1. The van der Waals surface area contributed by atoms with Gasteiger partial charge in [0.2, 0.25) is 0 Å². The minimum Gasteiger partial charge on any atom is -0.497 e. The molecule has 1 saturated heterocycles. The number of esters is 1. The molecule has 1 aliphatic rings. The van der Waals surface area contributed by atoms with Gasteiger partial charge in [0.25, 0.3) is 0 Å². The Balaban J connectivity index is 2.37. The van der Waals surface area contributed by atoms with Gasteiger partial charge in [-0.25, -0.2) is 0 Å². The second kappa shape index (κ2) is 9.20. The van der Waals surface area contributed by atoms with Gasteiger partial charge in [-0.3, -0.25) is 4.79 Å². The normalized spacial score (nSPS) is 22.7. The Hall–Kier alpha value is -2.84. The number of nitrogens with zero attached hydrogens (tertiary/aromatic N) is 2. The Morgan fingerprint density at radius 3 is 2.52 bits per heavy atom. The molecule has 1 aromatic carbocycles. The third kappa shape index (κ3) is 4.87. The number of nitriles is 1. The van der Waals surface area contributed by atoms with Gasteiger partial charge >= 0.3 is 5.97 Å². The largest absolute Gasteiger partial charge is 0.497 e. The maximum atomic E-state index is 12.6. The van der Waals surface area contributed by atoms with Gasteiger partial charge in [-0.1, -0.05) is 24.8 Å². The van der Waals surface area contributed by atoms with E-state index in [0.29, 0.717) is 23.4 Å². The molecule has 0 N–H and O–H groups in total. The first-order valence-corrected chi connectivity index (χ1v) is 8.83. The Morgan fingerprint density at radius 1 is 1.33 bits per heavy atom. The van der Waals surface area contributed by atoms with Gasteiger partial charge in [0, 0.05) is 12.5 Å². The summed E-state index contributed by atoms with van der Waals surface area (Å²) in [6.45, 7) is 6.58. The first-order valence-electron chi connectivity index (χ1n) is 8.83. The van der Waals surface area contributed by atoms with E-state index in [4.69, 9.17) is 14.7 Å². The zero-order valence-corrected chi connectivity index (χ0v) is 16.3. The average molecular weight is 366 g/mol. The number of carbonyl (C=O) groups is 1. The van der Waals surface area contributed by atoms with E-state index in [2.05, 4.69) is 12.6 Å². The molecule has 1 fully saturated rings. The van der Waals surface area contributed by atoms with Crippen molar-refractivity contribution in [3.8, 4) is 6.07 Å². The van der Waals surface area contributed by atoms with Crippen LogP contribution < -0.4 is 0 Å². The Bertz CT molecular complexity index is 785. The van der Waals surface area contributed by atoms with Crippen molar-refractivity contribution in [3.63, 3.8) is 0 Å². The van der Waals surface area contributed by atoms with Crippen LogP contribution in [0.1, 0.15) is 24.0 Å². The summed E-state index contributed by atoms with van der Waals surface area (Å²) in [6.07, 6.45) is 5.02. The van der Waals surface area contributed by atoms with E-state index < -0.39 is 6.10 Å². The molecule has 142 valence electrons.